The second-order valence-electron chi connectivity index (χ2n) is 8.68. The molecule has 1 aliphatic rings. The number of hydrogen-bond donors (Lipinski definition) is 0. The largest absolute Gasteiger partial charge is 0.461 e. The van der Waals surface area contributed by atoms with Crippen LogP contribution in [0.4, 0.5) is 0 Å². The van der Waals surface area contributed by atoms with Gasteiger partial charge in [-0.15, -0.1) is 0 Å². The Labute approximate surface area is 176 Å². The van der Waals surface area contributed by atoms with Crippen LogP contribution < -0.4 is 0 Å². The molecule has 0 saturated heterocycles. The molecule has 0 N–H and O–H groups in total. The highest BCUT2D eigenvalue weighted by atomic mass is 16.5. The van der Waals surface area contributed by atoms with Crippen LogP contribution in [0.25, 0.3) is 6.08 Å². The minimum absolute atomic E-state index is 0.234. The number of ether oxygens (including phenoxy) is 1. The maximum absolute atomic E-state index is 12.0. The zero-order chi connectivity index (χ0) is 21.3. The van der Waals surface area contributed by atoms with E-state index in [1.54, 1.807) is 6.20 Å². The summed E-state index contributed by atoms with van der Waals surface area (Å²) in [7, 11) is 0. The first kappa shape index (κ1) is 23.1. The monoisotopic (exact) mass is 396 g/mol. The van der Waals surface area contributed by atoms with Crippen LogP contribution in [0.5, 0.6) is 0 Å². The average molecular weight is 397 g/mol. The van der Waals surface area contributed by atoms with Gasteiger partial charge < -0.3 is 4.74 Å². The number of aromatic nitrogens is 2. The Kier molecular flexibility index (Phi) is 8.81. The van der Waals surface area contributed by atoms with Gasteiger partial charge in [0, 0.05) is 0 Å². The molecule has 2 rings (SSSR count). The van der Waals surface area contributed by atoms with E-state index >= 15 is 0 Å². The standard InChI is InChI=1S/C25H36N2O2/c1-6-7-8-9-15-29-24(28)23-18-26-21(17-27-23)16-19(2)12-13-22-20(3)11-10-14-25(22,4)5/h12-13,16-18H,6-11,14-15H2,1-5H3. The van der Waals surface area contributed by atoms with Crippen molar-refractivity contribution in [2.45, 2.75) is 79.6 Å². The average Bonchev–Trinajstić information content (AvgIpc) is 2.67. The number of carbonyl (C=O) groups excluding carboxylic acids is 1. The molecule has 0 saturated carbocycles. The molecule has 0 atom stereocenters. The van der Waals surface area contributed by atoms with Crippen LogP contribution in [0.1, 0.15) is 95.7 Å². The molecule has 4 nitrogen and oxygen atoms in total. The number of allylic oxidation sites excluding steroid dienone is 5. The van der Waals surface area contributed by atoms with Crippen LogP contribution in [-0.2, 0) is 4.74 Å². The molecule has 4 heteroatoms. The summed E-state index contributed by atoms with van der Waals surface area (Å²) in [6.45, 7) is 11.5. The molecule has 1 aromatic heterocycles. The van der Waals surface area contributed by atoms with Crippen molar-refractivity contribution in [2.24, 2.45) is 5.41 Å². The van der Waals surface area contributed by atoms with Crippen molar-refractivity contribution in [1.29, 1.82) is 0 Å². The van der Waals surface area contributed by atoms with Gasteiger partial charge in [-0.2, -0.15) is 0 Å². The van der Waals surface area contributed by atoms with Crippen LogP contribution >= 0.6 is 0 Å². The number of hydrogen-bond acceptors (Lipinski definition) is 4. The van der Waals surface area contributed by atoms with E-state index in [4.69, 9.17) is 4.74 Å². The molecular formula is C25H36N2O2. The molecule has 0 aromatic carbocycles. The summed E-state index contributed by atoms with van der Waals surface area (Å²) in [5.41, 5.74) is 5.27. The molecule has 0 radical (unpaired) electrons. The Morgan fingerprint density at radius 2 is 2.00 bits per heavy atom. The van der Waals surface area contributed by atoms with Gasteiger partial charge in [-0.3, -0.25) is 4.98 Å². The Bertz CT molecular complexity index is 771. The third-order valence-corrected chi connectivity index (χ3v) is 5.54. The van der Waals surface area contributed by atoms with E-state index in [0.717, 1.165) is 30.5 Å². The minimum atomic E-state index is -0.400. The van der Waals surface area contributed by atoms with E-state index in [2.05, 4.69) is 56.7 Å². The molecule has 0 bridgehead atoms. The van der Waals surface area contributed by atoms with Gasteiger partial charge in [0.2, 0.25) is 0 Å². The topological polar surface area (TPSA) is 52.1 Å². The SMILES string of the molecule is CCCCCCOC(=O)c1cnc(C=C(C)C=CC2=C(C)CCCC2(C)C)cn1. The molecule has 1 aromatic rings. The maximum Gasteiger partial charge on any atom is 0.358 e. The molecule has 158 valence electrons. The zero-order valence-corrected chi connectivity index (χ0v) is 18.8. The molecule has 1 aliphatic carbocycles. The third-order valence-electron chi connectivity index (χ3n) is 5.54. The summed E-state index contributed by atoms with van der Waals surface area (Å²) in [4.78, 5) is 20.6. The van der Waals surface area contributed by atoms with Crippen LogP contribution in [0.2, 0.25) is 0 Å². The van der Waals surface area contributed by atoms with E-state index < -0.39 is 5.97 Å². The van der Waals surface area contributed by atoms with Crippen molar-refractivity contribution >= 4 is 12.0 Å². The van der Waals surface area contributed by atoms with Crippen LogP contribution in [-0.4, -0.2) is 22.5 Å². The van der Waals surface area contributed by atoms with Crippen LogP contribution in [0, 0.1) is 5.41 Å². The molecule has 1 heterocycles. The van der Waals surface area contributed by atoms with Crippen molar-refractivity contribution in [1.82, 2.24) is 9.97 Å². The van der Waals surface area contributed by atoms with Gasteiger partial charge >= 0.3 is 5.97 Å². The van der Waals surface area contributed by atoms with E-state index in [0.29, 0.717) is 6.61 Å². The quantitative estimate of drug-likeness (QED) is 0.265. The highest BCUT2D eigenvalue weighted by molar-refractivity contribution is 5.86. The molecule has 0 fully saturated rings. The van der Waals surface area contributed by atoms with E-state index in [1.807, 2.05) is 6.08 Å². The predicted molar refractivity (Wildman–Crippen MR) is 120 cm³/mol. The fraction of sp³-hybridized carbons (Fsp3) is 0.560. The predicted octanol–water partition coefficient (Wildman–Crippen LogP) is 6.70. The Morgan fingerprint density at radius 1 is 1.21 bits per heavy atom. The third kappa shape index (κ3) is 7.26. The molecule has 0 unspecified atom stereocenters. The normalized spacial score (nSPS) is 17.1. The first-order chi connectivity index (χ1) is 13.8. The maximum atomic E-state index is 12.0. The first-order valence-electron chi connectivity index (χ1n) is 10.9. The van der Waals surface area contributed by atoms with Gasteiger partial charge in [-0.25, -0.2) is 9.78 Å². The smallest absolute Gasteiger partial charge is 0.358 e. The molecule has 29 heavy (non-hydrogen) atoms. The summed E-state index contributed by atoms with van der Waals surface area (Å²) in [6.07, 6.45) is 17.5. The minimum Gasteiger partial charge on any atom is -0.461 e. The highest BCUT2D eigenvalue weighted by Crippen LogP contribution is 2.40. The van der Waals surface area contributed by atoms with E-state index in [9.17, 15) is 4.79 Å². The van der Waals surface area contributed by atoms with E-state index in [-0.39, 0.29) is 11.1 Å². The molecule has 0 spiro atoms. The zero-order valence-electron chi connectivity index (χ0n) is 18.8. The summed E-state index contributed by atoms with van der Waals surface area (Å²) >= 11 is 0. The summed E-state index contributed by atoms with van der Waals surface area (Å²) in [5.74, 6) is -0.400. The van der Waals surface area contributed by atoms with Gasteiger partial charge in [0.25, 0.3) is 0 Å². The molecule has 0 aliphatic heterocycles. The van der Waals surface area contributed by atoms with Gasteiger partial charge in [0.15, 0.2) is 5.69 Å². The van der Waals surface area contributed by atoms with Gasteiger partial charge in [-0.1, -0.05) is 57.8 Å². The number of rotatable bonds is 9. The van der Waals surface area contributed by atoms with Gasteiger partial charge in [-0.05, 0) is 62.2 Å². The second-order valence-corrected chi connectivity index (χ2v) is 8.68. The Balaban J connectivity index is 1.95. The van der Waals surface area contributed by atoms with Gasteiger partial charge in [0.05, 0.1) is 24.7 Å². The highest BCUT2D eigenvalue weighted by Gasteiger charge is 2.26. The lowest BCUT2D eigenvalue weighted by atomic mass is 9.72. The molecule has 0 amide bonds. The Hall–Kier alpha value is -2.23. The molecular weight excluding hydrogens is 360 g/mol. The lowest BCUT2D eigenvalue weighted by molar-refractivity contribution is 0.0490. The summed E-state index contributed by atoms with van der Waals surface area (Å²) < 4.78 is 5.26. The van der Waals surface area contributed by atoms with Crippen molar-refractivity contribution in [3.8, 4) is 0 Å². The number of unbranched alkanes of at least 4 members (excludes halogenated alkanes) is 3. The van der Waals surface area contributed by atoms with Crippen molar-refractivity contribution in [3.63, 3.8) is 0 Å². The number of nitrogens with zero attached hydrogens (tertiary/aromatic N) is 2. The van der Waals surface area contributed by atoms with Crippen molar-refractivity contribution in [3.05, 3.63) is 52.7 Å². The summed E-state index contributed by atoms with van der Waals surface area (Å²) in [5, 5.41) is 0. The fourth-order valence-electron chi connectivity index (χ4n) is 3.79. The lowest BCUT2D eigenvalue weighted by Crippen LogP contribution is -2.19. The second kappa shape index (κ2) is 11.1. The Morgan fingerprint density at radius 3 is 2.66 bits per heavy atom. The van der Waals surface area contributed by atoms with Crippen molar-refractivity contribution < 1.29 is 9.53 Å². The van der Waals surface area contributed by atoms with Crippen molar-refractivity contribution in [2.75, 3.05) is 6.61 Å². The number of esters is 1. The van der Waals surface area contributed by atoms with Crippen LogP contribution in [0.3, 0.4) is 0 Å². The van der Waals surface area contributed by atoms with Gasteiger partial charge in [0.1, 0.15) is 0 Å². The fourth-order valence-corrected chi connectivity index (χ4v) is 3.79. The number of carbonyl (C=O) groups is 1. The lowest BCUT2D eigenvalue weighted by Gasteiger charge is -2.32. The summed E-state index contributed by atoms with van der Waals surface area (Å²) in [6, 6.07) is 0. The first-order valence-corrected chi connectivity index (χ1v) is 10.9. The van der Waals surface area contributed by atoms with Crippen LogP contribution in [0.15, 0.2) is 41.3 Å². The van der Waals surface area contributed by atoms with E-state index in [1.165, 1.54) is 43.0 Å².